The Hall–Kier alpha value is -2.95. The van der Waals surface area contributed by atoms with Crippen molar-refractivity contribution in [2.24, 2.45) is 0 Å². The number of ether oxygens (including phenoxy) is 1. The summed E-state index contributed by atoms with van der Waals surface area (Å²) in [5.41, 5.74) is 1.97. The summed E-state index contributed by atoms with van der Waals surface area (Å²) >= 11 is 0. The smallest absolute Gasteiger partial charge is 0.400 e. The first-order chi connectivity index (χ1) is 15.0. The largest absolute Gasteiger partial charge is 0.491 e. The number of alkyl halides is 3. The Kier molecular flexibility index (Phi) is 7.27. The number of rotatable bonds is 6. The molecule has 0 aliphatic carbocycles. The number of aryl methyl sites for hydroxylation is 2. The van der Waals surface area contributed by atoms with Gasteiger partial charge < -0.3 is 4.74 Å². The van der Waals surface area contributed by atoms with Crippen molar-refractivity contribution < 1.29 is 35.9 Å². The van der Waals surface area contributed by atoms with Crippen LogP contribution in [-0.2, 0) is 21.2 Å². The Balaban J connectivity index is 2.80. The Bertz CT molecular complexity index is 1270. The van der Waals surface area contributed by atoms with Gasteiger partial charge in [-0.1, -0.05) is 5.57 Å². The minimum atomic E-state index is -5.27. The van der Waals surface area contributed by atoms with Crippen molar-refractivity contribution in [3.8, 4) is 5.88 Å². The van der Waals surface area contributed by atoms with E-state index in [1.54, 1.807) is 34.6 Å². The summed E-state index contributed by atoms with van der Waals surface area (Å²) < 4.78 is 68.7. The molecule has 0 aliphatic rings. The standard InChI is InChI=1S/C22H25F3N2O5S/c1-8-27-20(32-21(29)22(23,24)25)18(14(6)26-27)19(28)15-9-10-16(33(7,30)31)17(13(15)5)12(4)11(2)3/h9-10H,8H2,1-7H3. The molecule has 0 atom stereocenters. The number of hydrogen-bond acceptors (Lipinski definition) is 6. The van der Waals surface area contributed by atoms with E-state index in [0.717, 1.165) is 16.5 Å². The van der Waals surface area contributed by atoms with Crippen LogP contribution in [0.1, 0.15) is 60.4 Å². The van der Waals surface area contributed by atoms with E-state index in [-0.39, 0.29) is 28.3 Å². The topological polar surface area (TPSA) is 95.3 Å². The van der Waals surface area contributed by atoms with Gasteiger partial charge in [-0.2, -0.15) is 18.3 Å². The summed E-state index contributed by atoms with van der Waals surface area (Å²) in [4.78, 5) is 25.0. The van der Waals surface area contributed by atoms with Crippen molar-refractivity contribution in [3.63, 3.8) is 0 Å². The van der Waals surface area contributed by atoms with Gasteiger partial charge in [0, 0.05) is 18.4 Å². The van der Waals surface area contributed by atoms with E-state index in [4.69, 9.17) is 0 Å². The van der Waals surface area contributed by atoms with E-state index in [0.29, 0.717) is 16.7 Å². The molecule has 0 amide bonds. The average Bonchev–Trinajstić information content (AvgIpc) is 3.00. The van der Waals surface area contributed by atoms with Gasteiger partial charge in [0.1, 0.15) is 5.56 Å². The zero-order chi connectivity index (χ0) is 25.5. The number of aromatic nitrogens is 2. The van der Waals surface area contributed by atoms with E-state index in [1.165, 1.54) is 19.1 Å². The molecule has 33 heavy (non-hydrogen) atoms. The number of nitrogens with zero attached hydrogens (tertiary/aromatic N) is 2. The first kappa shape index (κ1) is 26.3. The van der Waals surface area contributed by atoms with Gasteiger partial charge in [-0.15, -0.1) is 0 Å². The highest BCUT2D eigenvalue weighted by Crippen LogP contribution is 2.34. The molecule has 2 rings (SSSR count). The van der Waals surface area contributed by atoms with Gasteiger partial charge in [0.25, 0.3) is 0 Å². The summed E-state index contributed by atoms with van der Waals surface area (Å²) in [6, 6.07) is 2.59. The van der Waals surface area contributed by atoms with Gasteiger partial charge in [0.05, 0.1) is 10.6 Å². The second-order valence-electron chi connectivity index (χ2n) is 7.81. The van der Waals surface area contributed by atoms with Gasteiger partial charge in [0.2, 0.25) is 11.7 Å². The van der Waals surface area contributed by atoms with E-state index in [9.17, 15) is 31.2 Å². The average molecular weight is 487 g/mol. The molecule has 1 aromatic heterocycles. The molecule has 0 N–H and O–H groups in total. The molecule has 7 nitrogen and oxygen atoms in total. The van der Waals surface area contributed by atoms with E-state index in [1.807, 2.05) is 0 Å². The lowest BCUT2D eigenvalue weighted by atomic mass is 9.91. The molecule has 0 radical (unpaired) electrons. The molecule has 1 aromatic carbocycles. The highest BCUT2D eigenvalue weighted by atomic mass is 32.2. The van der Waals surface area contributed by atoms with Gasteiger partial charge in [-0.25, -0.2) is 17.9 Å². The van der Waals surface area contributed by atoms with Crippen LogP contribution >= 0.6 is 0 Å². The Morgan fingerprint density at radius 2 is 1.67 bits per heavy atom. The third-order valence-electron chi connectivity index (χ3n) is 5.22. The fraction of sp³-hybridized carbons (Fsp3) is 0.409. The number of benzene rings is 1. The predicted molar refractivity (Wildman–Crippen MR) is 116 cm³/mol. The number of carbonyl (C=O) groups is 2. The fourth-order valence-corrected chi connectivity index (χ4v) is 4.37. The highest BCUT2D eigenvalue weighted by Gasteiger charge is 2.43. The van der Waals surface area contributed by atoms with Crippen LogP contribution in [-0.4, -0.2) is 42.4 Å². The van der Waals surface area contributed by atoms with E-state index in [2.05, 4.69) is 9.84 Å². The predicted octanol–water partition coefficient (Wildman–Crippen LogP) is 4.44. The Labute approximate surface area is 190 Å². The number of esters is 1. The van der Waals surface area contributed by atoms with Crippen molar-refractivity contribution in [1.82, 2.24) is 9.78 Å². The maximum absolute atomic E-state index is 13.5. The number of ketones is 1. The van der Waals surface area contributed by atoms with Crippen molar-refractivity contribution in [1.29, 1.82) is 0 Å². The van der Waals surface area contributed by atoms with Crippen LogP contribution < -0.4 is 4.74 Å². The number of carbonyl (C=O) groups excluding carboxylic acids is 2. The lowest BCUT2D eigenvalue weighted by molar-refractivity contribution is -0.190. The molecule has 0 fully saturated rings. The van der Waals surface area contributed by atoms with Crippen LogP contribution in [0.25, 0.3) is 5.57 Å². The molecule has 0 aliphatic heterocycles. The summed E-state index contributed by atoms with van der Waals surface area (Å²) in [5, 5.41) is 4.03. The number of allylic oxidation sites excluding steroid dienone is 2. The maximum Gasteiger partial charge on any atom is 0.491 e. The van der Waals surface area contributed by atoms with Crippen LogP contribution in [0, 0.1) is 13.8 Å². The van der Waals surface area contributed by atoms with Gasteiger partial charge in [-0.05, 0) is 70.4 Å². The Morgan fingerprint density at radius 3 is 2.12 bits per heavy atom. The summed E-state index contributed by atoms with van der Waals surface area (Å²) in [6.07, 6.45) is -4.22. The number of hydrogen-bond donors (Lipinski definition) is 0. The van der Waals surface area contributed by atoms with Crippen LogP contribution in [0.3, 0.4) is 0 Å². The van der Waals surface area contributed by atoms with Crippen LogP contribution in [0.2, 0.25) is 0 Å². The minimum Gasteiger partial charge on any atom is -0.400 e. The molecule has 180 valence electrons. The molecule has 0 saturated carbocycles. The molecule has 1 heterocycles. The lowest BCUT2D eigenvalue weighted by Crippen LogP contribution is -2.29. The molecular weight excluding hydrogens is 461 g/mol. The molecular formula is C22H25F3N2O5S. The van der Waals surface area contributed by atoms with E-state index >= 15 is 0 Å². The molecule has 0 saturated heterocycles. The fourth-order valence-electron chi connectivity index (χ4n) is 3.38. The second kappa shape index (κ2) is 9.12. The summed E-state index contributed by atoms with van der Waals surface area (Å²) in [5.74, 6) is -3.83. The second-order valence-corrected chi connectivity index (χ2v) is 9.79. The first-order valence-corrected chi connectivity index (χ1v) is 11.8. The van der Waals surface area contributed by atoms with Gasteiger partial charge >= 0.3 is 12.1 Å². The molecule has 11 heteroatoms. The normalized spacial score (nSPS) is 11.9. The molecule has 0 bridgehead atoms. The van der Waals surface area contributed by atoms with Crippen LogP contribution in [0.4, 0.5) is 13.2 Å². The van der Waals surface area contributed by atoms with E-state index < -0.39 is 33.6 Å². The minimum absolute atomic E-state index is 0.0277. The zero-order valence-corrected chi connectivity index (χ0v) is 20.2. The van der Waals surface area contributed by atoms with Crippen molar-refractivity contribution in [3.05, 3.63) is 45.7 Å². The highest BCUT2D eigenvalue weighted by molar-refractivity contribution is 7.90. The first-order valence-electron chi connectivity index (χ1n) is 9.91. The van der Waals surface area contributed by atoms with Crippen molar-refractivity contribution in [2.75, 3.05) is 6.26 Å². The molecule has 0 unspecified atom stereocenters. The third-order valence-corrected chi connectivity index (χ3v) is 6.36. The Morgan fingerprint density at radius 1 is 1.09 bits per heavy atom. The maximum atomic E-state index is 13.5. The monoisotopic (exact) mass is 486 g/mol. The number of sulfone groups is 1. The van der Waals surface area contributed by atoms with Crippen LogP contribution in [0.5, 0.6) is 5.88 Å². The molecule has 2 aromatic rings. The lowest BCUT2D eigenvalue weighted by Gasteiger charge is -2.17. The van der Waals surface area contributed by atoms with Crippen LogP contribution in [0.15, 0.2) is 22.6 Å². The number of halogens is 3. The van der Waals surface area contributed by atoms with Crippen molar-refractivity contribution >= 4 is 27.2 Å². The van der Waals surface area contributed by atoms with Gasteiger partial charge in [-0.3, -0.25) is 4.79 Å². The molecule has 0 spiro atoms. The summed E-state index contributed by atoms with van der Waals surface area (Å²) in [7, 11) is -3.65. The van der Waals surface area contributed by atoms with Gasteiger partial charge in [0.15, 0.2) is 9.84 Å². The SMILES string of the molecule is CCn1nc(C)c(C(=O)c2ccc(S(C)(=O)=O)c(C(C)=C(C)C)c2C)c1OC(=O)C(F)(F)F. The quantitative estimate of drug-likeness (QED) is 0.443. The van der Waals surface area contributed by atoms with Crippen molar-refractivity contribution in [2.45, 2.75) is 59.2 Å². The third kappa shape index (κ3) is 5.18. The summed E-state index contributed by atoms with van der Waals surface area (Å²) in [6.45, 7) is 9.88. The zero-order valence-electron chi connectivity index (χ0n) is 19.3.